The maximum absolute atomic E-state index is 5.78. The van der Waals surface area contributed by atoms with Gasteiger partial charge in [0.25, 0.3) is 0 Å². The van der Waals surface area contributed by atoms with E-state index >= 15 is 0 Å². The minimum absolute atomic E-state index is 0.175. The average molecular weight is 223 g/mol. The molecule has 90 valence electrons. The Morgan fingerprint density at radius 1 is 1.50 bits per heavy atom. The number of nitrogens with zero attached hydrogens (tertiary/aromatic N) is 3. The van der Waals surface area contributed by atoms with Gasteiger partial charge in [-0.3, -0.25) is 4.68 Å². The third-order valence-corrected chi connectivity index (χ3v) is 1.86. The first kappa shape index (κ1) is 12.5. The Balaban J connectivity index is 2.70. The molecule has 3 N–H and O–H groups in total. The van der Waals surface area contributed by atoms with Crippen LogP contribution in [0.5, 0.6) is 0 Å². The number of hydrogen-bond acceptors (Lipinski definition) is 2. The lowest BCUT2D eigenvalue weighted by Gasteiger charge is -2.13. The molecule has 0 amide bonds. The molecule has 1 rings (SSSR count). The number of nitrogens with two attached hydrogens (primary N) is 1. The van der Waals surface area contributed by atoms with E-state index < -0.39 is 0 Å². The van der Waals surface area contributed by atoms with Crippen molar-refractivity contribution in [2.45, 2.75) is 46.2 Å². The van der Waals surface area contributed by atoms with Crippen LogP contribution in [0.15, 0.2) is 17.4 Å². The van der Waals surface area contributed by atoms with Gasteiger partial charge in [-0.25, -0.2) is 4.99 Å². The van der Waals surface area contributed by atoms with Crippen LogP contribution in [0.3, 0.4) is 0 Å². The highest BCUT2D eigenvalue weighted by Crippen LogP contribution is 2.11. The molecular formula is C11H21N5. The molecule has 0 aliphatic carbocycles. The van der Waals surface area contributed by atoms with Gasteiger partial charge in [-0.1, -0.05) is 0 Å². The smallest absolute Gasteiger partial charge is 0.193 e. The summed E-state index contributed by atoms with van der Waals surface area (Å²) in [6.07, 6.45) is 3.65. The van der Waals surface area contributed by atoms with Crippen LogP contribution >= 0.6 is 0 Å². The molecule has 5 nitrogen and oxygen atoms in total. The van der Waals surface area contributed by atoms with Crippen molar-refractivity contribution in [2.75, 3.05) is 5.32 Å². The topological polar surface area (TPSA) is 68.2 Å². The van der Waals surface area contributed by atoms with Crippen LogP contribution in [-0.4, -0.2) is 21.3 Å². The summed E-state index contributed by atoms with van der Waals surface area (Å²) in [5, 5.41) is 7.23. The quantitative estimate of drug-likeness (QED) is 0.595. The second kappa shape index (κ2) is 4.55. The van der Waals surface area contributed by atoms with Crippen LogP contribution in [0, 0.1) is 0 Å². The summed E-state index contributed by atoms with van der Waals surface area (Å²) in [7, 11) is 0. The lowest BCUT2D eigenvalue weighted by atomic mass is 10.1. The van der Waals surface area contributed by atoms with E-state index in [0.29, 0.717) is 12.0 Å². The van der Waals surface area contributed by atoms with E-state index in [4.69, 9.17) is 5.73 Å². The predicted molar refractivity (Wildman–Crippen MR) is 67.6 cm³/mol. The molecule has 0 unspecified atom stereocenters. The van der Waals surface area contributed by atoms with Gasteiger partial charge in [-0.2, -0.15) is 5.10 Å². The van der Waals surface area contributed by atoms with Gasteiger partial charge < -0.3 is 11.1 Å². The fourth-order valence-corrected chi connectivity index (χ4v) is 1.22. The zero-order valence-corrected chi connectivity index (χ0v) is 10.7. The second-order valence-corrected chi connectivity index (χ2v) is 5.10. The number of hydrogen-bond donors (Lipinski definition) is 2. The molecule has 1 heterocycles. The molecule has 0 radical (unpaired) electrons. The van der Waals surface area contributed by atoms with Gasteiger partial charge in [-0.15, -0.1) is 0 Å². The summed E-state index contributed by atoms with van der Waals surface area (Å²) in [6.45, 7) is 10.1. The first-order valence-corrected chi connectivity index (χ1v) is 5.44. The van der Waals surface area contributed by atoms with E-state index in [1.165, 1.54) is 0 Å². The van der Waals surface area contributed by atoms with Gasteiger partial charge in [0.1, 0.15) is 0 Å². The number of rotatable bonds is 2. The minimum Gasteiger partial charge on any atom is -0.370 e. The number of anilines is 1. The molecular weight excluding hydrogens is 202 g/mol. The first-order chi connectivity index (χ1) is 7.28. The average Bonchev–Trinajstić information content (AvgIpc) is 2.48. The Bertz CT molecular complexity index is 370. The first-order valence-electron chi connectivity index (χ1n) is 5.44. The molecule has 0 atom stereocenters. The number of guanidine groups is 1. The summed E-state index contributed by atoms with van der Waals surface area (Å²) < 4.78 is 1.87. The minimum atomic E-state index is -0.175. The van der Waals surface area contributed by atoms with Crippen molar-refractivity contribution in [3.8, 4) is 0 Å². The standard InChI is InChI=1S/C11H21N5/c1-8(2)16-7-9(6-13-16)14-10(12)15-11(3,4)5/h6-8H,1-5H3,(H3,12,14,15). The van der Waals surface area contributed by atoms with Crippen molar-refractivity contribution in [1.82, 2.24) is 9.78 Å². The van der Waals surface area contributed by atoms with Gasteiger partial charge in [0.15, 0.2) is 5.96 Å². The predicted octanol–water partition coefficient (Wildman–Crippen LogP) is 1.99. The van der Waals surface area contributed by atoms with Crippen LogP contribution in [0.25, 0.3) is 0 Å². The fourth-order valence-electron chi connectivity index (χ4n) is 1.22. The molecule has 0 saturated heterocycles. The highest BCUT2D eigenvalue weighted by Gasteiger charge is 2.09. The molecule has 0 aromatic carbocycles. The highest BCUT2D eigenvalue weighted by atomic mass is 15.3. The third kappa shape index (κ3) is 3.92. The molecule has 5 heteroatoms. The highest BCUT2D eigenvalue weighted by molar-refractivity contribution is 5.92. The third-order valence-electron chi connectivity index (χ3n) is 1.86. The summed E-state index contributed by atoms with van der Waals surface area (Å²) >= 11 is 0. The summed E-state index contributed by atoms with van der Waals surface area (Å²) in [5.74, 6) is 0.413. The van der Waals surface area contributed by atoms with Gasteiger partial charge in [-0.05, 0) is 34.6 Å². The van der Waals surface area contributed by atoms with Crippen molar-refractivity contribution in [2.24, 2.45) is 10.7 Å². The molecule has 0 aliphatic heterocycles. The van der Waals surface area contributed by atoms with Gasteiger partial charge in [0.2, 0.25) is 0 Å². The largest absolute Gasteiger partial charge is 0.370 e. The summed E-state index contributed by atoms with van der Waals surface area (Å²) in [4.78, 5) is 4.30. The van der Waals surface area contributed by atoms with Crippen molar-refractivity contribution in [3.05, 3.63) is 12.4 Å². The maximum Gasteiger partial charge on any atom is 0.193 e. The molecule has 1 aromatic rings. The molecule has 0 aliphatic rings. The van der Waals surface area contributed by atoms with Gasteiger partial charge in [0, 0.05) is 12.2 Å². The van der Waals surface area contributed by atoms with Crippen molar-refractivity contribution < 1.29 is 0 Å². The molecule has 1 aromatic heterocycles. The monoisotopic (exact) mass is 223 g/mol. The van der Waals surface area contributed by atoms with Gasteiger partial charge >= 0.3 is 0 Å². The van der Waals surface area contributed by atoms with Crippen LogP contribution in [0.4, 0.5) is 5.69 Å². The zero-order valence-electron chi connectivity index (χ0n) is 10.7. The van der Waals surface area contributed by atoms with Crippen molar-refractivity contribution in [1.29, 1.82) is 0 Å². The Hall–Kier alpha value is -1.52. The van der Waals surface area contributed by atoms with Gasteiger partial charge in [0.05, 0.1) is 17.4 Å². The normalized spacial score (nSPS) is 13.2. The molecule has 0 saturated carbocycles. The van der Waals surface area contributed by atoms with E-state index in [1.54, 1.807) is 6.20 Å². The zero-order chi connectivity index (χ0) is 12.3. The van der Waals surface area contributed by atoms with Crippen LogP contribution in [0.2, 0.25) is 0 Å². The van der Waals surface area contributed by atoms with Crippen molar-refractivity contribution in [3.63, 3.8) is 0 Å². The molecule has 0 bridgehead atoms. The fraction of sp³-hybridized carbons (Fsp3) is 0.636. The Kier molecular flexibility index (Phi) is 3.57. The maximum atomic E-state index is 5.78. The lowest BCUT2D eigenvalue weighted by molar-refractivity contribution is 0.532. The van der Waals surface area contributed by atoms with E-state index in [9.17, 15) is 0 Å². The number of nitrogens with one attached hydrogen (secondary N) is 1. The van der Waals surface area contributed by atoms with E-state index in [1.807, 2.05) is 31.6 Å². The Morgan fingerprint density at radius 3 is 2.56 bits per heavy atom. The SMILES string of the molecule is CC(C)n1cc(NC(N)=NC(C)(C)C)cn1. The lowest BCUT2D eigenvalue weighted by Crippen LogP contribution is -2.27. The summed E-state index contributed by atoms with van der Waals surface area (Å²) in [6, 6.07) is 0.344. The van der Waals surface area contributed by atoms with Crippen molar-refractivity contribution >= 4 is 11.6 Å². The summed E-state index contributed by atoms with van der Waals surface area (Å²) in [5.41, 5.74) is 6.46. The molecule has 16 heavy (non-hydrogen) atoms. The Morgan fingerprint density at radius 2 is 2.12 bits per heavy atom. The molecule has 0 fully saturated rings. The van der Waals surface area contributed by atoms with Crippen LogP contribution in [0.1, 0.15) is 40.7 Å². The Labute approximate surface area is 96.7 Å². The van der Waals surface area contributed by atoms with E-state index in [-0.39, 0.29) is 5.54 Å². The second-order valence-electron chi connectivity index (χ2n) is 5.10. The van der Waals surface area contributed by atoms with Crippen LogP contribution < -0.4 is 11.1 Å². The molecule has 0 spiro atoms. The van der Waals surface area contributed by atoms with Crippen LogP contribution in [-0.2, 0) is 0 Å². The van der Waals surface area contributed by atoms with E-state index in [2.05, 4.69) is 29.3 Å². The number of aliphatic imine (C=N–C) groups is 1. The number of aromatic nitrogens is 2. The van der Waals surface area contributed by atoms with E-state index in [0.717, 1.165) is 5.69 Å².